The average Bonchev–Trinajstić information content (AvgIpc) is 2.71. The van der Waals surface area contributed by atoms with E-state index in [-0.39, 0.29) is 5.75 Å². The third-order valence-electron chi connectivity index (χ3n) is 2.43. The number of carboxylic acid groups (broad SMARTS) is 1. The van der Waals surface area contributed by atoms with Gasteiger partial charge in [0.15, 0.2) is 5.82 Å². The first-order valence-electron chi connectivity index (χ1n) is 5.30. The zero-order valence-electron chi connectivity index (χ0n) is 10.00. The zero-order valence-corrected chi connectivity index (χ0v) is 11.6. The number of carboxylic acids is 1. The fourth-order valence-electron chi connectivity index (χ4n) is 1.52. The molecule has 0 amide bonds. The van der Waals surface area contributed by atoms with Crippen molar-refractivity contribution in [2.45, 2.75) is 12.1 Å². The van der Waals surface area contributed by atoms with E-state index in [9.17, 15) is 4.79 Å². The molecule has 8 heteroatoms. The highest BCUT2D eigenvalue weighted by molar-refractivity contribution is 7.99. The first-order chi connectivity index (χ1) is 8.99. The van der Waals surface area contributed by atoms with Crippen molar-refractivity contribution in [3.05, 3.63) is 28.8 Å². The molecule has 2 aromatic rings. The highest BCUT2D eigenvalue weighted by Crippen LogP contribution is 2.26. The van der Waals surface area contributed by atoms with Crippen molar-refractivity contribution in [2.75, 3.05) is 11.6 Å². The maximum Gasteiger partial charge on any atom is 0.313 e. The molecule has 0 fully saturated rings. The van der Waals surface area contributed by atoms with E-state index in [2.05, 4.69) is 10.2 Å². The first-order valence-corrected chi connectivity index (χ1v) is 6.67. The molecule has 0 aliphatic carbocycles. The van der Waals surface area contributed by atoms with Crippen molar-refractivity contribution >= 4 is 29.3 Å². The predicted octanol–water partition coefficient (Wildman–Crippen LogP) is 1.80. The standard InChI is InChI=1S/C11H11ClN4O2S/c1-6-2-3-7(12)4-8(6)10-14-15-11(16(10)13)19-5-9(17)18/h2-4H,5,13H2,1H3,(H,17,18). The molecule has 0 atom stereocenters. The number of hydrogen-bond donors (Lipinski definition) is 2. The minimum atomic E-state index is -0.937. The number of halogens is 1. The normalized spacial score (nSPS) is 10.6. The number of aryl methyl sites for hydroxylation is 1. The Morgan fingerprint density at radius 2 is 2.26 bits per heavy atom. The average molecular weight is 299 g/mol. The molecule has 0 bridgehead atoms. The van der Waals surface area contributed by atoms with E-state index >= 15 is 0 Å². The Morgan fingerprint density at radius 3 is 2.95 bits per heavy atom. The van der Waals surface area contributed by atoms with Crippen LogP contribution in [0.15, 0.2) is 23.4 Å². The second-order valence-electron chi connectivity index (χ2n) is 3.82. The zero-order chi connectivity index (χ0) is 14.0. The van der Waals surface area contributed by atoms with Crippen LogP contribution < -0.4 is 5.84 Å². The molecule has 2 rings (SSSR count). The molecular formula is C11H11ClN4O2S. The Labute approximate surface area is 118 Å². The summed E-state index contributed by atoms with van der Waals surface area (Å²) in [6, 6.07) is 5.38. The van der Waals surface area contributed by atoms with Crippen LogP contribution in [0.1, 0.15) is 5.56 Å². The third kappa shape index (κ3) is 2.99. The fraction of sp³-hybridized carbons (Fsp3) is 0.182. The van der Waals surface area contributed by atoms with Crippen molar-refractivity contribution in [2.24, 2.45) is 0 Å². The van der Waals surface area contributed by atoms with Gasteiger partial charge in [0.1, 0.15) is 0 Å². The number of nitrogens with two attached hydrogens (primary N) is 1. The van der Waals surface area contributed by atoms with Crippen LogP contribution in [0.5, 0.6) is 0 Å². The van der Waals surface area contributed by atoms with Crippen LogP contribution in [0.25, 0.3) is 11.4 Å². The van der Waals surface area contributed by atoms with Crippen molar-refractivity contribution in [1.29, 1.82) is 0 Å². The number of rotatable bonds is 4. The summed E-state index contributed by atoms with van der Waals surface area (Å²) in [5.41, 5.74) is 1.72. The summed E-state index contributed by atoms with van der Waals surface area (Å²) in [6.45, 7) is 1.91. The first kappa shape index (κ1) is 13.7. The third-order valence-corrected chi connectivity index (χ3v) is 3.59. The monoisotopic (exact) mass is 298 g/mol. The molecule has 100 valence electrons. The van der Waals surface area contributed by atoms with E-state index in [1.54, 1.807) is 12.1 Å². The van der Waals surface area contributed by atoms with Gasteiger partial charge in [-0.05, 0) is 24.6 Å². The van der Waals surface area contributed by atoms with E-state index in [1.807, 2.05) is 13.0 Å². The van der Waals surface area contributed by atoms with E-state index in [0.717, 1.165) is 22.9 Å². The molecule has 0 aliphatic heterocycles. The van der Waals surface area contributed by atoms with E-state index in [1.165, 1.54) is 4.68 Å². The van der Waals surface area contributed by atoms with Gasteiger partial charge in [-0.15, -0.1) is 10.2 Å². The lowest BCUT2D eigenvalue weighted by molar-refractivity contribution is -0.133. The van der Waals surface area contributed by atoms with E-state index < -0.39 is 5.97 Å². The van der Waals surface area contributed by atoms with Gasteiger partial charge in [-0.2, -0.15) is 0 Å². The van der Waals surface area contributed by atoms with Crippen LogP contribution in [-0.4, -0.2) is 31.7 Å². The molecule has 6 nitrogen and oxygen atoms in total. The largest absolute Gasteiger partial charge is 0.481 e. The van der Waals surface area contributed by atoms with Crippen LogP contribution in [-0.2, 0) is 4.79 Å². The predicted molar refractivity (Wildman–Crippen MR) is 73.7 cm³/mol. The molecule has 1 heterocycles. The highest BCUT2D eigenvalue weighted by Gasteiger charge is 2.15. The summed E-state index contributed by atoms with van der Waals surface area (Å²) in [5.74, 6) is 5.27. The topological polar surface area (TPSA) is 94.0 Å². The lowest BCUT2D eigenvalue weighted by Gasteiger charge is -2.06. The van der Waals surface area contributed by atoms with Crippen molar-refractivity contribution in [3.8, 4) is 11.4 Å². The molecule has 0 saturated heterocycles. The maximum absolute atomic E-state index is 10.5. The molecule has 19 heavy (non-hydrogen) atoms. The van der Waals surface area contributed by atoms with E-state index in [0.29, 0.717) is 16.0 Å². The minimum Gasteiger partial charge on any atom is -0.481 e. The quantitative estimate of drug-likeness (QED) is 0.660. The summed E-state index contributed by atoms with van der Waals surface area (Å²) in [7, 11) is 0. The molecule has 3 N–H and O–H groups in total. The summed E-state index contributed by atoms with van der Waals surface area (Å²) >= 11 is 6.96. The molecule has 0 aliphatic rings. The molecular weight excluding hydrogens is 288 g/mol. The Hall–Kier alpha value is -1.73. The van der Waals surface area contributed by atoms with Gasteiger partial charge in [-0.3, -0.25) is 4.79 Å². The van der Waals surface area contributed by atoms with Gasteiger partial charge in [0.25, 0.3) is 0 Å². The van der Waals surface area contributed by atoms with Gasteiger partial charge in [0.05, 0.1) is 5.75 Å². The van der Waals surface area contributed by atoms with Crippen molar-refractivity contribution in [1.82, 2.24) is 14.9 Å². The number of benzene rings is 1. The van der Waals surface area contributed by atoms with Gasteiger partial charge in [-0.1, -0.05) is 29.4 Å². The van der Waals surface area contributed by atoms with Crippen LogP contribution in [0.3, 0.4) is 0 Å². The molecule has 0 spiro atoms. The SMILES string of the molecule is Cc1ccc(Cl)cc1-c1nnc(SCC(=O)O)n1N. The summed E-state index contributed by atoms with van der Waals surface area (Å²) in [4.78, 5) is 10.5. The second kappa shape index (κ2) is 5.50. The maximum atomic E-state index is 10.5. The number of nitrogens with zero attached hydrogens (tertiary/aromatic N) is 3. The lowest BCUT2D eigenvalue weighted by Crippen LogP contribution is -2.12. The number of carbonyl (C=O) groups is 1. The van der Waals surface area contributed by atoms with Crippen LogP contribution in [0.4, 0.5) is 0 Å². The lowest BCUT2D eigenvalue weighted by atomic mass is 10.1. The number of thioether (sulfide) groups is 1. The van der Waals surface area contributed by atoms with Gasteiger partial charge in [0, 0.05) is 10.6 Å². The molecule has 1 aromatic heterocycles. The Bertz CT molecular complexity index is 629. The van der Waals surface area contributed by atoms with Crippen LogP contribution >= 0.6 is 23.4 Å². The highest BCUT2D eigenvalue weighted by atomic mass is 35.5. The van der Waals surface area contributed by atoms with Crippen molar-refractivity contribution < 1.29 is 9.90 Å². The Balaban J connectivity index is 2.36. The van der Waals surface area contributed by atoms with Gasteiger partial charge < -0.3 is 10.9 Å². The Morgan fingerprint density at radius 1 is 1.53 bits per heavy atom. The minimum absolute atomic E-state index is 0.121. The van der Waals surface area contributed by atoms with Crippen LogP contribution in [0.2, 0.25) is 5.02 Å². The van der Waals surface area contributed by atoms with Gasteiger partial charge in [0.2, 0.25) is 5.16 Å². The van der Waals surface area contributed by atoms with Crippen LogP contribution in [0, 0.1) is 6.92 Å². The number of aromatic nitrogens is 3. The Kier molecular flexibility index (Phi) is 3.96. The number of nitrogen functional groups attached to an aromatic ring is 1. The molecule has 1 aromatic carbocycles. The fourth-order valence-corrected chi connectivity index (χ4v) is 2.27. The smallest absolute Gasteiger partial charge is 0.313 e. The summed E-state index contributed by atoms with van der Waals surface area (Å²) < 4.78 is 1.27. The number of aliphatic carboxylic acids is 1. The van der Waals surface area contributed by atoms with Crippen molar-refractivity contribution in [3.63, 3.8) is 0 Å². The summed E-state index contributed by atoms with van der Waals surface area (Å²) in [5, 5.41) is 17.4. The van der Waals surface area contributed by atoms with Gasteiger partial charge in [-0.25, -0.2) is 4.68 Å². The van der Waals surface area contributed by atoms with E-state index in [4.69, 9.17) is 22.6 Å². The molecule has 0 saturated carbocycles. The molecule has 0 radical (unpaired) electrons. The second-order valence-corrected chi connectivity index (χ2v) is 5.20. The van der Waals surface area contributed by atoms with Gasteiger partial charge >= 0.3 is 5.97 Å². The molecule has 0 unspecified atom stereocenters. The summed E-state index contributed by atoms with van der Waals surface area (Å²) in [6.07, 6.45) is 0. The number of hydrogen-bond acceptors (Lipinski definition) is 5.